The standard InChI is InChI=1S/C11H21NO/c1-4-11(2,3)12-8-10-6-5-7-13-9-10/h6,12H,4-5,7-9H2,1-3H3. The summed E-state index contributed by atoms with van der Waals surface area (Å²) < 4.78 is 5.37. The number of rotatable bonds is 4. The molecule has 1 aliphatic rings. The first-order chi connectivity index (χ1) is 6.14. The highest BCUT2D eigenvalue weighted by Crippen LogP contribution is 2.09. The molecule has 2 heteroatoms. The molecule has 0 aliphatic carbocycles. The van der Waals surface area contributed by atoms with E-state index in [-0.39, 0.29) is 5.54 Å². The third-order valence-electron chi connectivity index (χ3n) is 2.66. The number of ether oxygens (including phenoxy) is 1. The van der Waals surface area contributed by atoms with E-state index in [2.05, 4.69) is 32.2 Å². The predicted molar refractivity (Wildman–Crippen MR) is 55.9 cm³/mol. The molecule has 0 saturated heterocycles. The minimum absolute atomic E-state index is 0.248. The minimum atomic E-state index is 0.248. The van der Waals surface area contributed by atoms with Gasteiger partial charge < -0.3 is 10.1 Å². The lowest BCUT2D eigenvalue weighted by molar-refractivity contribution is 0.147. The van der Waals surface area contributed by atoms with Gasteiger partial charge in [-0.3, -0.25) is 0 Å². The van der Waals surface area contributed by atoms with Gasteiger partial charge in [0.15, 0.2) is 0 Å². The first kappa shape index (κ1) is 10.7. The molecule has 0 aromatic heterocycles. The lowest BCUT2D eigenvalue weighted by Crippen LogP contribution is -2.40. The first-order valence-electron chi connectivity index (χ1n) is 5.15. The predicted octanol–water partition coefficient (Wildman–Crippen LogP) is 2.11. The van der Waals surface area contributed by atoms with E-state index in [4.69, 9.17) is 4.74 Å². The zero-order valence-corrected chi connectivity index (χ0v) is 9.02. The van der Waals surface area contributed by atoms with Gasteiger partial charge in [-0.25, -0.2) is 0 Å². The molecule has 0 radical (unpaired) electrons. The van der Waals surface area contributed by atoms with Crippen molar-refractivity contribution in [3.63, 3.8) is 0 Å². The van der Waals surface area contributed by atoms with Crippen molar-refractivity contribution >= 4 is 0 Å². The van der Waals surface area contributed by atoms with Crippen LogP contribution in [0.25, 0.3) is 0 Å². The van der Waals surface area contributed by atoms with Gasteiger partial charge in [-0.1, -0.05) is 13.0 Å². The quantitative estimate of drug-likeness (QED) is 0.674. The van der Waals surface area contributed by atoms with E-state index >= 15 is 0 Å². The summed E-state index contributed by atoms with van der Waals surface area (Å²) in [7, 11) is 0. The second kappa shape index (κ2) is 4.77. The van der Waals surface area contributed by atoms with E-state index in [1.54, 1.807) is 0 Å². The molecule has 2 nitrogen and oxygen atoms in total. The average Bonchev–Trinajstić information content (AvgIpc) is 2.17. The fraction of sp³-hybridized carbons (Fsp3) is 0.818. The van der Waals surface area contributed by atoms with E-state index in [1.807, 2.05) is 0 Å². The van der Waals surface area contributed by atoms with Gasteiger partial charge in [-0.2, -0.15) is 0 Å². The van der Waals surface area contributed by atoms with Gasteiger partial charge in [0.2, 0.25) is 0 Å². The summed E-state index contributed by atoms with van der Waals surface area (Å²) in [6.45, 7) is 9.35. The summed E-state index contributed by atoms with van der Waals surface area (Å²) in [4.78, 5) is 0. The molecule has 0 atom stereocenters. The van der Waals surface area contributed by atoms with Crippen LogP contribution in [0.1, 0.15) is 33.6 Å². The number of nitrogens with one attached hydrogen (secondary N) is 1. The van der Waals surface area contributed by atoms with Crippen LogP contribution in [0.3, 0.4) is 0 Å². The van der Waals surface area contributed by atoms with Gasteiger partial charge in [0, 0.05) is 12.1 Å². The van der Waals surface area contributed by atoms with Crippen LogP contribution in [-0.2, 0) is 4.74 Å². The molecular weight excluding hydrogens is 162 g/mol. The zero-order valence-electron chi connectivity index (χ0n) is 9.02. The zero-order chi connectivity index (χ0) is 9.73. The van der Waals surface area contributed by atoms with Crippen molar-refractivity contribution in [1.82, 2.24) is 5.32 Å². The number of hydrogen-bond donors (Lipinski definition) is 1. The van der Waals surface area contributed by atoms with Crippen LogP contribution in [0.2, 0.25) is 0 Å². The van der Waals surface area contributed by atoms with Gasteiger partial charge >= 0.3 is 0 Å². The van der Waals surface area contributed by atoms with Crippen molar-refractivity contribution in [3.05, 3.63) is 11.6 Å². The lowest BCUT2D eigenvalue weighted by atomic mass is 10.0. The first-order valence-corrected chi connectivity index (χ1v) is 5.15. The molecule has 0 aromatic rings. The maximum atomic E-state index is 5.37. The molecule has 0 bridgehead atoms. The van der Waals surface area contributed by atoms with Crippen LogP contribution in [0, 0.1) is 0 Å². The SMILES string of the molecule is CCC(C)(C)NCC1=CCCOC1. The Kier molecular flexibility index (Phi) is 3.94. The third kappa shape index (κ3) is 3.92. The Balaban J connectivity index is 2.29. The average molecular weight is 183 g/mol. The second-order valence-corrected chi connectivity index (χ2v) is 4.29. The summed E-state index contributed by atoms with van der Waals surface area (Å²) in [5, 5.41) is 3.53. The van der Waals surface area contributed by atoms with Crippen molar-refractivity contribution in [1.29, 1.82) is 0 Å². The number of hydrogen-bond acceptors (Lipinski definition) is 2. The van der Waals surface area contributed by atoms with Crippen LogP contribution < -0.4 is 5.32 Å². The highest BCUT2D eigenvalue weighted by atomic mass is 16.5. The molecule has 1 heterocycles. The van der Waals surface area contributed by atoms with Crippen molar-refractivity contribution in [2.45, 2.75) is 39.2 Å². The van der Waals surface area contributed by atoms with Crippen molar-refractivity contribution in [3.8, 4) is 0 Å². The molecule has 0 amide bonds. The van der Waals surface area contributed by atoms with Crippen LogP contribution in [0.4, 0.5) is 0 Å². The molecule has 0 saturated carbocycles. The monoisotopic (exact) mass is 183 g/mol. The smallest absolute Gasteiger partial charge is 0.0689 e. The largest absolute Gasteiger partial charge is 0.377 e. The Hall–Kier alpha value is -0.340. The van der Waals surface area contributed by atoms with Crippen LogP contribution >= 0.6 is 0 Å². The Bertz CT molecular complexity index is 185. The molecule has 1 N–H and O–H groups in total. The molecule has 1 aliphatic heterocycles. The molecule has 13 heavy (non-hydrogen) atoms. The fourth-order valence-electron chi connectivity index (χ4n) is 1.21. The summed E-state index contributed by atoms with van der Waals surface area (Å²) in [6.07, 6.45) is 4.52. The maximum absolute atomic E-state index is 5.37. The topological polar surface area (TPSA) is 21.3 Å². The fourth-order valence-corrected chi connectivity index (χ4v) is 1.21. The Morgan fingerprint density at radius 1 is 1.54 bits per heavy atom. The maximum Gasteiger partial charge on any atom is 0.0689 e. The molecule has 76 valence electrons. The summed E-state index contributed by atoms with van der Waals surface area (Å²) in [5.41, 5.74) is 1.64. The Labute approximate surface area is 81.4 Å². The highest BCUT2D eigenvalue weighted by Gasteiger charge is 2.14. The molecule has 0 spiro atoms. The van der Waals surface area contributed by atoms with Gasteiger partial charge in [0.05, 0.1) is 13.2 Å². The third-order valence-corrected chi connectivity index (χ3v) is 2.66. The van der Waals surface area contributed by atoms with Gasteiger partial charge in [0.25, 0.3) is 0 Å². The summed E-state index contributed by atoms with van der Waals surface area (Å²) >= 11 is 0. The molecule has 1 rings (SSSR count). The Morgan fingerprint density at radius 2 is 2.31 bits per heavy atom. The molecule has 0 fully saturated rings. The Morgan fingerprint density at radius 3 is 2.85 bits per heavy atom. The molecular formula is C11H21NO. The van der Waals surface area contributed by atoms with Gasteiger partial charge in [-0.15, -0.1) is 0 Å². The molecule has 0 unspecified atom stereocenters. The van der Waals surface area contributed by atoms with Crippen molar-refractivity contribution < 1.29 is 4.74 Å². The van der Waals surface area contributed by atoms with Gasteiger partial charge in [-0.05, 0) is 32.3 Å². The second-order valence-electron chi connectivity index (χ2n) is 4.29. The highest BCUT2D eigenvalue weighted by molar-refractivity contribution is 5.07. The van der Waals surface area contributed by atoms with Crippen molar-refractivity contribution in [2.24, 2.45) is 0 Å². The van der Waals surface area contributed by atoms with E-state index in [0.717, 1.165) is 32.6 Å². The lowest BCUT2D eigenvalue weighted by Gasteiger charge is -2.26. The van der Waals surface area contributed by atoms with Crippen molar-refractivity contribution in [2.75, 3.05) is 19.8 Å². The van der Waals surface area contributed by atoms with Crippen LogP contribution in [0.15, 0.2) is 11.6 Å². The van der Waals surface area contributed by atoms with E-state index < -0.39 is 0 Å². The van der Waals surface area contributed by atoms with E-state index in [1.165, 1.54) is 5.57 Å². The van der Waals surface area contributed by atoms with E-state index in [0.29, 0.717) is 0 Å². The van der Waals surface area contributed by atoms with Crippen LogP contribution in [0.5, 0.6) is 0 Å². The summed E-state index contributed by atoms with van der Waals surface area (Å²) in [5.74, 6) is 0. The van der Waals surface area contributed by atoms with Gasteiger partial charge in [0.1, 0.15) is 0 Å². The normalized spacial score (nSPS) is 18.5. The molecule has 0 aromatic carbocycles. The van der Waals surface area contributed by atoms with Crippen LogP contribution in [-0.4, -0.2) is 25.3 Å². The van der Waals surface area contributed by atoms with E-state index in [9.17, 15) is 0 Å². The minimum Gasteiger partial charge on any atom is -0.377 e. The summed E-state index contributed by atoms with van der Waals surface area (Å²) in [6, 6.07) is 0.